The molecule has 2 bridgehead atoms. The molecule has 0 aliphatic carbocycles. The van der Waals surface area contributed by atoms with E-state index in [1.165, 1.54) is 5.56 Å². The highest BCUT2D eigenvalue weighted by atomic mass is 79.9. The number of aromatic nitrogens is 2. The van der Waals surface area contributed by atoms with Crippen LogP contribution in [-0.2, 0) is 11.3 Å². The van der Waals surface area contributed by atoms with E-state index in [4.69, 9.17) is 27.1 Å². The number of carboxylic acid groups (broad SMARTS) is 1. The Hall–Kier alpha value is -3.46. The Labute approximate surface area is 218 Å². The van der Waals surface area contributed by atoms with Crippen molar-refractivity contribution in [2.45, 2.75) is 31.6 Å². The molecule has 1 amide bonds. The van der Waals surface area contributed by atoms with Crippen molar-refractivity contribution in [2.75, 3.05) is 31.1 Å². The van der Waals surface area contributed by atoms with Crippen LogP contribution in [-0.4, -0.2) is 64.1 Å². The second-order valence-electron chi connectivity index (χ2n) is 8.91. The molecule has 2 aromatic rings. The quantitative estimate of drug-likeness (QED) is 0.227. The summed E-state index contributed by atoms with van der Waals surface area (Å²) < 4.78 is 32.8. The van der Waals surface area contributed by atoms with Gasteiger partial charge in [0, 0.05) is 18.4 Å². The first kappa shape index (κ1) is 28.1. The number of piperidine rings is 3. The SMILES string of the molecule is NC(=N[C@@H]1C[N+]2(Cc3ccccc3)CCC1CC2)NC(=O)c1nc(Br)c(N)nc1N.O=C([O-])C(F)(F)F. The first-order valence-electron chi connectivity index (χ1n) is 11.2. The van der Waals surface area contributed by atoms with Crippen molar-refractivity contribution >= 4 is 45.4 Å². The Bertz CT molecular complexity index is 1170. The molecule has 3 aliphatic rings. The monoisotopic (exact) mass is 586 g/mol. The molecule has 0 spiro atoms. The Morgan fingerprint density at radius 3 is 2.30 bits per heavy atom. The van der Waals surface area contributed by atoms with Gasteiger partial charge in [0.2, 0.25) is 0 Å². The van der Waals surface area contributed by atoms with Crippen LogP contribution in [0.25, 0.3) is 0 Å². The Morgan fingerprint density at radius 2 is 1.73 bits per heavy atom. The van der Waals surface area contributed by atoms with E-state index in [1.54, 1.807) is 0 Å². The van der Waals surface area contributed by atoms with Crippen LogP contribution in [0.5, 0.6) is 0 Å². The molecule has 5 rings (SSSR count). The maximum Gasteiger partial charge on any atom is 0.430 e. The topological polar surface area (TPSA) is 185 Å². The number of benzene rings is 1. The second kappa shape index (κ2) is 11.3. The molecule has 15 heteroatoms. The molecule has 200 valence electrons. The zero-order valence-electron chi connectivity index (χ0n) is 19.5. The van der Waals surface area contributed by atoms with Crippen LogP contribution in [0.3, 0.4) is 0 Å². The number of carbonyl (C=O) groups excluding carboxylic acids is 2. The highest BCUT2D eigenvalue weighted by Crippen LogP contribution is 2.37. The van der Waals surface area contributed by atoms with Crippen LogP contribution in [0, 0.1) is 5.92 Å². The predicted molar refractivity (Wildman–Crippen MR) is 130 cm³/mol. The number of aliphatic carboxylic acids is 1. The van der Waals surface area contributed by atoms with Crippen molar-refractivity contribution in [1.82, 2.24) is 15.3 Å². The minimum Gasteiger partial charge on any atom is -0.542 e. The van der Waals surface area contributed by atoms with Crippen molar-refractivity contribution < 1.29 is 32.3 Å². The number of nitrogen functional groups attached to an aromatic ring is 2. The van der Waals surface area contributed by atoms with Crippen LogP contribution in [0.4, 0.5) is 24.8 Å². The van der Waals surface area contributed by atoms with Gasteiger partial charge in [0.25, 0.3) is 5.91 Å². The average molecular weight is 587 g/mol. The lowest BCUT2D eigenvalue weighted by Crippen LogP contribution is -2.63. The fraction of sp³-hybridized carbons (Fsp3) is 0.409. The number of nitrogens with one attached hydrogen (secondary N) is 1. The van der Waals surface area contributed by atoms with Gasteiger partial charge >= 0.3 is 6.18 Å². The lowest BCUT2D eigenvalue weighted by atomic mass is 9.81. The maximum absolute atomic E-state index is 12.5. The summed E-state index contributed by atoms with van der Waals surface area (Å²) in [6.07, 6.45) is -2.96. The number of guanidine groups is 1. The molecule has 7 N–H and O–H groups in total. The minimum absolute atomic E-state index is 0.0456. The molecule has 1 aromatic heterocycles. The first-order valence-corrected chi connectivity index (χ1v) is 12.0. The van der Waals surface area contributed by atoms with Crippen LogP contribution >= 0.6 is 15.9 Å². The Balaban J connectivity index is 0.000000479. The van der Waals surface area contributed by atoms with Gasteiger partial charge in [-0.2, -0.15) is 13.2 Å². The van der Waals surface area contributed by atoms with E-state index in [9.17, 15) is 18.0 Å². The zero-order chi connectivity index (χ0) is 27.4. The number of rotatable bonds is 4. The largest absolute Gasteiger partial charge is 0.542 e. The van der Waals surface area contributed by atoms with Gasteiger partial charge in [-0.1, -0.05) is 30.3 Å². The van der Waals surface area contributed by atoms with Crippen LogP contribution in [0.1, 0.15) is 28.9 Å². The van der Waals surface area contributed by atoms with Crippen LogP contribution in [0.2, 0.25) is 0 Å². The van der Waals surface area contributed by atoms with Gasteiger partial charge in [-0.05, 0) is 21.8 Å². The van der Waals surface area contributed by atoms with Gasteiger partial charge in [0.05, 0.1) is 13.1 Å². The van der Waals surface area contributed by atoms with Crippen molar-refractivity contribution in [3.63, 3.8) is 0 Å². The number of amides is 1. The number of fused-ring (bicyclic) bond motifs is 3. The number of halogens is 4. The molecular weight excluding hydrogens is 561 g/mol. The van der Waals surface area contributed by atoms with Gasteiger partial charge in [-0.3, -0.25) is 10.1 Å². The van der Waals surface area contributed by atoms with Gasteiger partial charge in [-0.15, -0.1) is 0 Å². The van der Waals surface area contributed by atoms with E-state index in [-0.39, 0.29) is 33.9 Å². The third kappa shape index (κ3) is 7.29. The summed E-state index contributed by atoms with van der Waals surface area (Å²) in [4.78, 5) is 33.9. The van der Waals surface area contributed by atoms with E-state index in [0.717, 1.165) is 43.5 Å². The average Bonchev–Trinajstić information content (AvgIpc) is 2.82. The van der Waals surface area contributed by atoms with Crippen molar-refractivity contribution in [3.8, 4) is 0 Å². The summed E-state index contributed by atoms with van der Waals surface area (Å²) in [5, 5.41) is 11.4. The third-order valence-electron chi connectivity index (χ3n) is 6.33. The van der Waals surface area contributed by atoms with Gasteiger partial charge < -0.3 is 31.6 Å². The van der Waals surface area contributed by atoms with Crippen molar-refractivity contribution in [2.24, 2.45) is 16.6 Å². The summed E-state index contributed by atoms with van der Waals surface area (Å²) in [7, 11) is 0. The normalized spacial score (nSPS) is 23.1. The summed E-state index contributed by atoms with van der Waals surface area (Å²) in [5.41, 5.74) is 18.8. The molecule has 3 saturated heterocycles. The molecule has 3 aliphatic heterocycles. The summed E-state index contributed by atoms with van der Waals surface area (Å²) in [6, 6.07) is 10.6. The molecule has 37 heavy (non-hydrogen) atoms. The number of alkyl halides is 3. The molecule has 11 nitrogen and oxygen atoms in total. The van der Waals surface area contributed by atoms with E-state index < -0.39 is 18.1 Å². The number of nitrogens with two attached hydrogens (primary N) is 3. The standard InChI is InChI=1S/C20H25BrN8O.C2HF3O2/c21-16-18(23)27-17(22)15(26-16)19(30)28-20(24)25-14-11-29(8-6-13(14)7-9-29)10-12-4-2-1-3-5-12;3-2(4,5)1(6)7/h1-5,13-14H,6-11H2,(H6-,22,23,24,25,27,28,30);(H,6,7)/t13?,14-,29?;/m1./s1. The number of carboxylic acids is 1. The van der Waals surface area contributed by atoms with Crippen molar-refractivity contribution in [1.29, 1.82) is 0 Å². The zero-order valence-corrected chi connectivity index (χ0v) is 21.1. The summed E-state index contributed by atoms with van der Waals surface area (Å²) in [6.45, 7) is 4.23. The predicted octanol–water partition coefficient (Wildman–Crippen LogP) is 0.556. The molecule has 0 saturated carbocycles. The fourth-order valence-electron chi connectivity index (χ4n) is 4.58. The maximum atomic E-state index is 12.5. The molecule has 0 unspecified atom stereocenters. The number of anilines is 2. The number of hydrogen-bond acceptors (Lipinski definition) is 8. The molecule has 4 heterocycles. The molecule has 1 aromatic carbocycles. The number of aliphatic imine (C=N–C) groups is 1. The van der Waals surface area contributed by atoms with E-state index >= 15 is 0 Å². The summed E-state index contributed by atoms with van der Waals surface area (Å²) in [5.74, 6) is -2.94. The summed E-state index contributed by atoms with van der Waals surface area (Å²) >= 11 is 3.15. The Morgan fingerprint density at radius 1 is 1.14 bits per heavy atom. The first-order chi connectivity index (χ1) is 17.3. The van der Waals surface area contributed by atoms with E-state index in [0.29, 0.717) is 5.92 Å². The second-order valence-corrected chi connectivity index (χ2v) is 9.66. The van der Waals surface area contributed by atoms with Gasteiger partial charge in [0.1, 0.15) is 29.7 Å². The van der Waals surface area contributed by atoms with Crippen LogP contribution < -0.4 is 27.6 Å². The van der Waals surface area contributed by atoms with E-state index in [2.05, 4.69) is 60.5 Å². The fourth-order valence-corrected chi connectivity index (χ4v) is 4.85. The minimum atomic E-state index is -5.19. The Kier molecular flexibility index (Phi) is 8.58. The number of quaternary nitrogens is 1. The molecule has 3 fully saturated rings. The van der Waals surface area contributed by atoms with Gasteiger partial charge in [-0.25, -0.2) is 15.0 Å². The van der Waals surface area contributed by atoms with Crippen molar-refractivity contribution in [3.05, 3.63) is 46.2 Å². The van der Waals surface area contributed by atoms with Gasteiger partial charge in [0.15, 0.2) is 23.3 Å². The molecular formula is C22H26BrF3N8O3. The molecule has 1 atom stereocenters. The smallest absolute Gasteiger partial charge is 0.430 e. The lowest BCUT2D eigenvalue weighted by molar-refractivity contribution is -0.955. The highest BCUT2D eigenvalue weighted by molar-refractivity contribution is 9.10. The number of hydrogen-bond donors (Lipinski definition) is 4. The number of carbonyl (C=O) groups is 2. The van der Waals surface area contributed by atoms with E-state index in [1.807, 2.05) is 6.07 Å². The molecule has 0 radical (unpaired) electrons. The van der Waals surface area contributed by atoms with Crippen LogP contribution in [0.15, 0.2) is 39.9 Å². The highest BCUT2D eigenvalue weighted by Gasteiger charge is 2.46. The lowest BCUT2D eigenvalue weighted by Gasteiger charge is -2.51. The number of nitrogens with zero attached hydrogens (tertiary/aromatic N) is 4. The third-order valence-corrected chi connectivity index (χ3v) is 6.91.